The van der Waals surface area contributed by atoms with E-state index in [-0.39, 0.29) is 18.1 Å². The van der Waals surface area contributed by atoms with Gasteiger partial charge in [-0.2, -0.15) is 0 Å². The lowest BCUT2D eigenvalue weighted by Crippen LogP contribution is -2.22. The van der Waals surface area contributed by atoms with E-state index in [9.17, 15) is 19.0 Å². The average Bonchev–Trinajstić information content (AvgIpc) is 2.87. The third-order valence-corrected chi connectivity index (χ3v) is 5.53. The van der Waals surface area contributed by atoms with Gasteiger partial charge in [-0.25, -0.2) is 0 Å². The van der Waals surface area contributed by atoms with Crippen LogP contribution >= 0.6 is 7.37 Å². The molecule has 7 nitrogen and oxygen atoms in total. The van der Waals surface area contributed by atoms with Crippen molar-refractivity contribution in [2.45, 2.75) is 12.8 Å². The van der Waals surface area contributed by atoms with Crippen LogP contribution in [0.3, 0.4) is 0 Å². The Morgan fingerprint density at radius 3 is 2.55 bits per heavy atom. The largest absolute Gasteiger partial charge is 0.481 e. The molecule has 1 aromatic heterocycles. The first kappa shape index (κ1) is 16.3. The molecule has 0 amide bonds. The van der Waals surface area contributed by atoms with Gasteiger partial charge in [-0.15, -0.1) is 0 Å². The van der Waals surface area contributed by atoms with Gasteiger partial charge in [0, 0.05) is 29.7 Å². The molecular formula is C14H16NO6P. The van der Waals surface area contributed by atoms with Gasteiger partial charge in [-0.3, -0.25) is 14.2 Å². The fourth-order valence-corrected chi connectivity index (χ4v) is 4.30. The van der Waals surface area contributed by atoms with Crippen molar-refractivity contribution in [2.75, 3.05) is 6.16 Å². The number of para-hydroxylation sites is 1. The monoisotopic (exact) mass is 325 g/mol. The third kappa shape index (κ3) is 3.55. The van der Waals surface area contributed by atoms with E-state index < -0.39 is 31.4 Å². The Morgan fingerprint density at radius 1 is 1.23 bits per heavy atom. The van der Waals surface area contributed by atoms with Crippen molar-refractivity contribution in [3.63, 3.8) is 0 Å². The molecule has 2 aromatic rings. The van der Waals surface area contributed by atoms with Crippen molar-refractivity contribution in [2.24, 2.45) is 5.92 Å². The molecule has 22 heavy (non-hydrogen) atoms. The van der Waals surface area contributed by atoms with E-state index in [4.69, 9.17) is 10.2 Å². The highest BCUT2D eigenvalue weighted by Gasteiger charge is 2.32. The quantitative estimate of drug-likeness (QED) is 0.573. The molecule has 0 saturated heterocycles. The van der Waals surface area contributed by atoms with Crippen LogP contribution in [0.4, 0.5) is 0 Å². The lowest BCUT2D eigenvalue weighted by atomic mass is 10.1. The summed E-state index contributed by atoms with van der Waals surface area (Å²) in [4.78, 5) is 34.9. The van der Waals surface area contributed by atoms with Crippen molar-refractivity contribution < 1.29 is 29.3 Å². The summed E-state index contributed by atoms with van der Waals surface area (Å²) in [5.41, 5.74) is 0.684. The summed E-state index contributed by atoms with van der Waals surface area (Å²) < 4.78 is 12.6. The predicted octanol–water partition coefficient (Wildman–Crippen LogP) is 1.63. The molecule has 1 heterocycles. The Bertz CT molecular complexity index is 753. The number of nitrogens with one attached hydrogen (secondary N) is 1. The van der Waals surface area contributed by atoms with Gasteiger partial charge in [-0.1, -0.05) is 18.2 Å². The smallest absolute Gasteiger partial charge is 0.307 e. The summed E-state index contributed by atoms with van der Waals surface area (Å²) in [5.74, 6) is -3.58. The number of H-pyrrole nitrogens is 1. The number of carboxylic acid groups (broad SMARTS) is 2. The van der Waals surface area contributed by atoms with Gasteiger partial charge < -0.3 is 20.1 Å². The van der Waals surface area contributed by atoms with E-state index in [1.54, 1.807) is 24.3 Å². The van der Waals surface area contributed by atoms with Crippen molar-refractivity contribution >= 4 is 35.5 Å². The van der Waals surface area contributed by atoms with Gasteiger partial charge in [0.15, 0.2) is 0 Å². The number of fused-ring (bicyclic) bond motifs is 1. The Hall–Kier alpha value is -2.11. The van der Waals surface area contributed by atoms with E-state index in [1.807, 2.05) is 0 Å². The van der Waals surface area contributed by atoms with Crippen LogP contribution in [0.5, 0.6) is 0 Å². The van der Waals surface area contributed by atoms with Gasteiger partial charge in [0.1, 0.15) is 0 Å². The summed E-state index contributed by atoms with van der Waals surface area (Å²) in [6.45, 7) is 0. The van der Waals surface area contributed by atoms with Crippen LogP contribution in [0.1, 0.15) is 12.8 Å². The Morgan fingerprint density at radius 2 is 1.91 bits per heavy atom. The van der Waals surface area contributed by atoms with Gasteiger partial charge in [-0.05, 0) is 12.5 Å². The fourth-order valence-electron chi connectivity index (χ4n) is 2.33. The van der Waals surface area contributed by atoms with E-state index >= 15 is 0 Å². The number of benzene rings is 1. The van der Waals surface area contributed by atoms with Crippen molar-refractivity contribution in [1.29, 1.82) is 0 Å². The molecule has 0 fully saturated rings. The molecular weight excluding hydrogens is 309 g/mol. The van der Waals surface area contributed by atoms with Crippen molar-refractivity contribution in [3.8, 4) is 0 Å². The summed E-state index contributed by atoms with van der Waals surface area (Å²) in [7, 11) is -3.92. The minimum atomic E-state index is -3.92. The molecule has 0 spiro atoms. The second kappa shape index (κ2) is 6.34. The Balaban J connectivity index is 2.26. The van der Waals surface area contributed by atoms with Gasteiger partial charge in [0.25, 0.3) is 0 Å². The van der Waals surface area contributed by atoms with Gasteiger partial charge in [0.05, 0.1) is 11.2 Å². The number of aromatic amines is 1. The number of aliphatic carboxylic acids is 2. The van der Waals surface area contributed by atoms with Crippen molar-refractivity contribution in [1.82, 2.24) is 4.98 Å². The summed E-state index contributed by atoms with van der Waals surface area (Å²) in [6.07, 6.45) is 0.376. The average molecular weight is 325 g/mol. The standard InChI is InChI=1S/C14H16NO6P/c16-13(17)6-5-9(14(18)19)8-22(20,21)12-7-15-11-4-2-1-3-10(11)12/h1-4,7,9,15H,5-6,8H2,(H,16,17)(H,18,19)(H,20,21). The summed E-state index contributed by atoms with van der Waals surface area (Å²) in [5, 5.41) is 18.5. The lowest BCUT2D eigenvalue weighted by molar-refractivity contribution is -0.142. The minimum Gasteiger partial charge on any atom is -0.481 e. The number of hydrogen-bond donors (Lipinski definition) is 4. The minimum absolute atomic E-state index is 0.171. The molecule has 8 heteroatoms. The Kier molecular flexibility index (Phi) is 4.68. The Labute approximate surface area is 126 Å². The van der Waals surface area contributed by atoms with Gasteiger partial charge in [0.2, 0.25) is 7.37 Å². The van der Waals surface area contributed by atoms with E-state index in [0.717, 1.165) is 0 Å². The van der Waals surface area contributed by atoms with E-state index in [2.05, 4.69) is 4.98 Å². The van der Waals surface area contributed by atoms with Crippen LogP contribution < -0.4 is 5.30 Å². The lowest BCUT2D eigenvalue weighted by Gasteiger charge is -2.16. The van der Waals surface area contributed by atoms with Crippen LogP contribution in [-0.4, -0.2) is 38.2 Å². The number of aromatic nitrogens is 1. The first-order valence-corrected chi connectivity index (χ1v) is 8.49. The van der Waals surface area contributed by atoms with Gasteiger partial charge >= 0.3 is 11.9 Å². The number of hydrogen-bond acceptors (Lipinski definition) is 3. The number of carboxylic acids is 2. The SMILES string of the molecule is O=C(O)CCC(CP(=O)(O)c1c[nH]c2ccccc12)C(=O)O. The molecule has 0 saturated carbocycles. The summed E-state index contributed by atoms with van der Waals surface area (Å²) in [6, 6.07) is 6.92. The number of carbonyl (C=O) groups is 2. The van der Waals surface area contributed by atoms with E-state index in [0.29, 0.717) is 10.9 Å². The van der Waals surface area contributed by atoms with Crippen LogP contribution in [0.25, 0.3) is 10.9 Å². The molecule has 2 unspecified atom stereocenters. The zero-order valence-corrected chi connectivity index (χ0v) is 12.5. The maximum atomic E-state index is 12.6. The first-order valence-electron chi connectivity index (χ1n) is 6.64. The second-order valence-electron chi connectivity index (χ2n) is 5.07. The third-order valence-electron chi connectivity index (χ3n) is 3.47. The highest BCUT2D eigenvalue weighted by atomic mass is 31.2. The summed E-state index contributed by atoms with van der Waals surface area (Å²) >= 11 is 0. The molecule has 0 radical (unpaired) electrons. The molecule has 0 aliphatic heterocycles. The molecule has 0 aliphatic rings. The van der Waals surface area contributed by atoms with Crippen LogP contribution in [0.15, 0.2) is 30.5 Å². The highest BCUT2D eigenvalue weighted by molar-refractivity contribution is 7.66. The second-order valence-corrected chi connectivity index (χ2v) is 7.32. The highest BCUT2D eigenvalue weighted by Crippen LogP contribution is 2.44. The van der Waals surface area contributed by atoms with Crippen LogP contribution in [-0.2, 0) is 14.2 Å². The molecule has 0 aliphatic carbocycles. The zero-order chi connectivity index (χ0) is 16.3. The maximum absolute atomic E-state index is 12.6. The van der Waals surface area contributed by atoms with Crippen LogP contribution in [0.2, 0.25) is 0 Å². The molecule has 0 bridgehead atoms. The van der Waals surface area contributed by atoms with Crippen LogP contribution in [0, 0.1) is 5.92 Å². The molecule has 1 aromatic carbocycles. The number of rotatable bonds is 7. The molecule has 2 rings (SSSR count). The van der Waals surface area contributed by atoms with Crippen molar-refractivity contribution in [3.05, 3.63) is 30.5 Å². The molecule has 4 N–H and O–H groups in total. The maximum Gasteiger partial charge on any atom is 0.307 e. The molecule has 118 valence electrons. The topological polar surface area (TPSA) is 128 Å². The molecule has 2 atom stereocenters. The first-order chi connectivity index (χ1) is 10.3. The zero-order valence-electron chi connectivity index (χ0n) is 11.6. The van der Waals surface area contributed by atoms with E-state index in [1.165, 1.54) is 6.20 Å². The predicted molar refractivity (Wildman–Crippen MR) is 80.6 cm³/mol. The normalized spacial score (nSPS) is 15.3. The fraction of sp³-hybridized carbons (Fsp3) is 0.286.